The van der Waals surface area contributed by atoms with Crippen molar-refractivity contribution in [3.05, 3.63) is 24.3 Å². The molecule has 2 atom stereocenters. The number of nitrogens with one attached hydrogen (secondary N) is 1. The SMILES string of the molecule is CCCCCCCCCCCC/C=C/CC/C=C/C(O)C(CO)NC(=O)CCCCCCCCCCCCCCCCCCCCCCCCCCCCCCCCCCCCC. The molecule has 3 N–H and O–H groups in total. The van der Waals surface area contributed by atoms with E-state index in [2.05, 4.69) is 31.3 Å². The molecule has 0 bridgehead atoms. The normalized spacial score (nSPS) is 12.9. The first-order valence-electron chi connectivity index (χ1n) is 29.1. The predicted molar refractivity (Wildman–Crippen MR) is 281 cm³/mol. The largest absolute Gasteiger partial charge is 0.394 e. The number of aliphatic hydroxyl groups is 2. The maximum Gasteiger partial charge on any atom is 0.220 e. The molecule has 374 valence electrons. The lowest BCUT2D eigenvalue weighted by Gasteiger charge is -2.19. The van der Waals surface area contributed by atoms with E-state index in [0.717, 1.165) is 32.1 Å². The van der Waals surface area contributed by atoms with Crippen molar-refractivity contribution < 1.29 is 15.0 Å². The average molecular weight is 887 g/mol. The number of allylic oxidation sites excluding steroid dienone is 3. The highest BCUT2D eigenvalue weighted by Gasteiger charge is 2.18. The minimum atomic E-state index is -0.859. The number of carbonyl (C=O) groups excluding carboxylic acids is 1. The van der Waals surface area contributed by atoms with Crippen LogP contribution in [0.2, 0.25) is 0 Å². The predicted octanol–water partition coefficient (Wildman–Crippen LogP) is 19.1. The first-order valence-corrected chi connectivity index (χ1v) is 29.1. The lowest BCUT2D eigenvalue weighted by Crippen LogP contribution is -2.45. The summed E-state index contributed by atoms with van der Waals surface area (Å²) < 4.78 is 0. The Morgan fingerprint density at radius 2 is 0.619 bits per heavy atom. The fraction of sp³-hybridized carbons (Fsp3) is 0.915. The van der Waals surface area contributed by atoms with Crippen LogP contribution in [-0.2, 0) is 4.79 Å². The molecule has 0 aliphatic heterocycles. The van der Waals surface area contributed by atoms with Crippen LogP contribution < -0.4 is 5.32 Å². The Morgan fingerprint density at radius 1 is 0.365 bits per heavy atom. The molecule has 0 saturated heterocycles. The van der Waals surface area contributed by atoms with Crippen molar-refractivity contribution in [3.8, 4) is 0 Å². The third-order valence-electron chi connectivity index (χ3n) is 13.7. The van der Waals surface area contributed by atoms with Gasteiger partial charge in [-0.3, -0.25) is 4.79 Å². The van der Waals surface area contributed by atoms with Gasteiger partial charge in [0, 0.05) is 6.42 Å². The topological polar surface area (TPSA) is 69.6 Å². The Kier molecular flexibility index (Phi) is 54.2. The van der Waals surface area contributed by atoms with Gasteiger partial charge in [0.2, 0.25) is 5.91 Å². The van der Waals surface area contributed by atoms with Gasteiger partial charge >= 0.3 is 0 Å². The molecule has 4 nitrogen and oxygen atoms in total. The molecular formula is C59H115NO3. The Hall–Kier alpha value is -1.13. The van der Waals surface area contributed by atoms with Gasteiger partial charge in [-0.15, -0.1) is 0 Å². The van der Waals surface area contributed by atoms with Crippen molar-refractivity contribution in [2.75, 3.05) is 6.61 Å². The number of amides is 1. The summed E-state index contributed by atoms with van der Waals surface area (Å²) in [6.45, 7) is 4.33. The van der Waals surface area contributed by atoms with E-state index in [9.17, 15) is 15.0 Å². The molecule has 0 fully saturated rings. The van der Waals surface area contributed by atoms with Crippen LogP contribution in [0.5, 0.6) is 0 Å². The van der Waals surface area contributed by atoms with Crippen molar-refractivity contribution >= 4 is 5.91 Å². The van der Waals surface area contributed by atoms with Crippen LogP contribution >= 0.6 is 0 Å². The minimum Gasteiger partial charge on any atom is -0.394 e. The zero-order valence-corrected chi connectivity index (χ0v) is 43.1. The van der Waals surface area contributed by atoms with Crippen LogP contribution in [0.3, 0.4) is 0 Å². The summed E-state index contributed by atoms with van der Waals surface area (Å²) in [7, 11) is 0. The summed E-state index contributed by atoms with van der Waals surface area (Å²) in [5.41, 5.74) is 0. The van der Waals surface area contributed by atoms with Gasteiger partial charge in [0.05, 0.1) is 18.8 Å². The Bertz CT molecular complexity index is 916. The summed E-state index contributed by atoms with van der Waals surface area (Å²) in [6, 6.07) is -0.636. The van der Waals surface area contributed by atoms with Gasteiger partial charge in [-0.1, -0.05) is 314 Å². The van der Waals surface area contributed by atoms with Crippen molar-refractivity contribution in [1.82, 2.24) is 5.32 Å². The fourth-order valence-electron chi connectivity index (χ4n) is 9.26. The number of rotatable bonds is 54. The second-order valence-electron chi connectivity index (χ2n) is 20.1. The van der Waals surface area contributed by atoms with E-state index in [0.29, 0.717) is 6.42 Å². The van der Waals surface area contributed by atoms with Crippen LogP contribution in [0, 0.1) is 0 Å². The van der Waals surface area contributed by atoms with Crippen molar-refractivity contribution in [1.29, 1.82) is 0 Å². The molecule has 0 saturated carbocycles. The number of hydrogen-bond donors (Lipinski definition) is 3. The first-order chi connectivity index (χ1) is 31.2. The third-order valence-corrected chi connectivity index (χ3v) is 13.7. The lowest BCUT2D eigenvalue weighted by molar-refractivity contribution is -0.123. The highest BCUT2D eigenvalue weighted by atomic mass is 16.3. The minimum absolute atomic E-state index is 0.0672. The van der Waals surface area contributed by atoms with Gasteiger partial charge < -0.3 is 15.5 Å². The molecule has 0 aliphatic rings. The average Bonchev–Trinajstić information content (AvgIpc) is 3.29. The maximum atomic E-state index is 12.5. The number of aliphatic hydroxyl groups excluding tert-OH is 2. The maximum absolute atomic E-state index is 12.5. The third kappa shape index (κ3) is 51.7. The van der Waals surface area contributed by atoms with Crippen molar-refractivity contribution in [2.45, 2.75) is 341 Å². The van der Waals surface area contributed by atoms with E-state index < -0.39 is 12.1 Å². The Labute approximate surface area is 396 Å². The van der Waals surface area contributed by atoms with Gasteiger partial charge in [0.25, 0.3) is 0 Å². The summed E-state index contributed by atoms with van der Waals surface area (Å²) in [4.78, 5) is 12.5. The van der Waals surface area contributed by atoms with E-state index in [4.69, 9.17) is 0 Å². The van der Waals surface area contributed by atoms with Crippen LogP contribution in [-0.4, -0.2) is 34.9 Å². The monoisotopic (exact) mass is 886 g/mol. The molecule has 0 heterocycles. The highest BCUT2D eigenvalue weighted by molar-refractivity contribution is 5.76. The van der Waals surface area contributed by atoms with Crippen molar-refractivity contribution in [3.63, 3.8) is 0 Å². The molecule has 0 aromatic heterocycles. The lowest BCUT2D eigenvalue weighted by atomic mass is 10.0. The van der Waals surface area contributed by atoms with Crippen LogP contribution in [0.25, 0.3) is 0 Å². The summed E-state index contributed by atoms with van der Waals surface area (Å²) in [5, 5.41) is 23.1. The molecule has 0 spiro atoms. The quantitative estimate of drug-likeness (QED) is 0.0421. The molecule has 1 amide bonds. The molecule has 0 aliphatic carbocycles. The summed E-state index contributed by atoms with van der Waals surface area (Å²) in [5.74, 6) is -0.0672. The molecule has 0 radical (unpaired) electrons. The number of carbonyl (C=O) groups is 1. The van der Waals surface area contributed by atoms with Crippen LogP contribution in [0.4, 0.5) is 0 Å². The fourth-order valence-corrected chi connectivity index (χ4v) is 9.26. The van der Waals surface area contributed by atoms with Gasteiger partial charge in [-0.05, 0) is 32.1 Å². The van der Waals surface area contributed by atoms with Gasteiger partial charge in [0.1, 0.15) is 0 Å². The van der Waals surface area contributed by atoms with Crippen LogP contribution in [0.1, 0.15) is 328 Å². The van der Waals surface area contributed by atoms with E-state index in [1.54, 1.807) is 6.08 Å². The Balaban J connectivity index is 3.40. The van der Waals surface area contributed by atoms with E-state index >= 15 is 0 Å². The second-order valence-corrected chi connectivity index (χ2v) is 20.1. The van der Waals surface area contributed by atoms with E-state index in [1.165, 1.54) is 276 Å². The molecule has 63 heavy (non-hydrogen) atoms. The molecule has 0 rings (SSSR count). The Morgan fingerprint density at radius 3 is 0.921 bits per heavy atom. The number of unbranched alkanes of at least 4 members (excludes halogenated alkanes) is 45. The van der Waals surface area contributed by atoms with Gasteiger partial charge in [-0.25, -0.2) is 0 Å². The van der Waals surface area contributed by atoms with Gasteiger partial charge in [0.15, 0.2) is 0 Å². The van der Waals surface area contributed by atoms with Crippen molar-refractivity contribution in [2.24, 2.45) is 0 Å². The van der Waals surface area contributed by atoms with Crippen LogP contribution in [0.15, 0.2) is 24.3 Å². The van der Waals surface area contributed by atoms with E-state index in [1.807, 2.05) is 6.08 Å². The highest BCUT2D eigenvalue weighted by Crippen LogP contribution is 2.18. The first kappa shape index (κ1) is 61.9. The standard InChI is InChI=1S/C59H115NO3/c1-3-5-7-9-11-13-15-17-19-21-22-23-24-25-26-27-28-29-30-31-32-33-34-35-36-37-38-39-41-43-45-47-49-51-53-55-59(63)60-57(56-61)58(62)54-52-50-48-46-44-42-40-20-18-16-14-12-10-8-6-4-2/h44,46,52,54,57-58,61-62H,3-43,45,47-51,53,55-56H2,1-2H3,(H,60,63)/b46-44+,54-52+. The number of hydrogen-bond acceptors (Lipinski definition) is 3. The molecule has 0 aromatic rings. The molecule has 4 heteroatoms. The van der Waals surface area contributed by atoms with E-state index in [-0.39, 0.29) is 12.5 Å². The smallest absolute Gasteiger partial charge is 0.220 e. The zero-order valence-electron chi connectivity index (χ0n) is 43.1. The molecule has 2 unspecified atom stereocenters. The second kappa shape index (κ2) is 55.2. The molecular weight excluding hydrogens is 771 g/mol. The zero-order chi connectivity index (χ0) is 45.6. The van der Waals surface area contributed by atoms with Gasteiger partial charge in [-0.2, -0.15) is 0 Å². The molecule has 0 aromatic carbocycles. The summed E-state index contributed by atoms with van der Waals surface area (Å²) >= 11 is 0. The summed E-state index contributed by atoms with van der Waals surface area (Å²) in [6.07, 6.45) is 73.7.